The van der Waals surface area contributed by atoms with E-state index in [4.69, 9.17) is 0 Å². The minimum Gasteiger partial charge on any atom is -0.406 e. The van der Waals surface area contributed by atoms with Crippen LogP contribution in [0.15, 0.2) is 78.0 Å². The Hall–Kier alpha value is -4.65. The molecule has 1 N–H and O–H groups in total. The Morgan fingerprint density at radius 2 is 1.85 bits per heavy atom. The Morgan fingerprint density at radius 1 is 1.09 bits per heavy atom. The summed E-state index contributed by atoms with van der Waals surface area (Å²) in [5.41, 5.74) is 5.11. The molecule has 240 valence electrons. The van der Waals surface area contributed by atoms with Crippen molar-refractivity contribution in [1.29, 1.82) is 0 Å². The van der Waals surface area contributed by atoms with Crippen LogP contribution in [0.5, 0.6) is 5.75 Å². The van der Waals surface area contributed by atoms with Gasteiger partial charge >= 0.3 is 12.4 Å². The molecule has 5 rings (SSSR count). The molecule has 1 unspecified atom stereocenters. The molecule has 4 aromatic rings. The molecule has 0 radical (unpaired) electrons. The second-order valence-electron chi connectivity index (χ2n) is 11.3. The van der Waals surface area contributed by atoms with Gasteiger partial charge in [-0.2, -0.15) is 4.99 Å². The summed E-state index contributed by atoms with van der Waals surface area (Å²) in [5, 5.41) is 7.76. The van der Waals surface area contributed by atoms with Crippen LogP contribution in [0, 0.1) is 6.92 Å². The molecule has 1 aliphatic heterocycles. The molecule has 46 heavy (non-hydrogen) atoms. The molecular formula is C33H33F3N6O3S. The van der Waals surface area contributed by atoms with Gasteiger partial charge in [0.25, 0.3) is 0 Å². The Labute approximate surface area is 268 Å². The van der Waals surface area contributed by atoms with E-state index in [2.05, 4.69) is 39.0 Å². The SMILES string of the molecule is Cc1ccc(C(C)C)c(N2C(=O)CSC2=NC(=O)NC(C)CCc2cccc(-c3ncn(-c4ccc(OC(F)(F)F)cc4)n3)c2)c1. The Balaban J connectivity index is 1.20. The number of hydrogen-bond acceptors (Lipinski definition) is 6. The van der Waals surface area contributed by atoms with Crippen LogP contribution in [-0.4, -0.2) is 50.0 Å². The van der Waals surface area contributed by atoms with E-state index >= 15 is 0 Å². The number of ether oxygens (including phenoxy) is 1. The summed E-state index contributed by atoms with van der Waals surface area (Å²) in [4.78, 5) is 35.9. The molecule has 3 amide bonds. The molecule has 3 aromatic carbocycles. The monoisotopic (exact) mass is 650 g/mol. The van der Waals surface area contributed by atoms with Crippen LogP contribution in [0.4, 0.5) is 23.7 Å². The number of benzene rings is 3. The molecule has 1 aromatic heterocycles. The summed E-state index contributed by atoms with van der Waals surface area (Å²) < 4.78 is 42.7. The van der Waals surface area contributed by atoms with Crippen LogP contribution in [-0.2, 0) is 11.2 Å². The molecule has 1 atom stereocenters. The Morgan fingerprint density at radius 3 is 2.57 bits per heavy atom. The summed E-state index contributed by atoms with van der Waals surface area (Å²) >= 11 is 1.25. The first kappa shape index (κ1) is 32.7. The Bertz CT molecular complexity index is 1750. The fourth-order valence-corrected chi connectivity index (χ4v) is 5.85. The predicted molar refractivity (Wildman–Crippen MR) is 172 cm³/mol. The quantitative estimate of drug-likeness (QED) is 0.202. The number of carbonyl (C=O) groups excluding carboxylic acids is 2. The third kappa shape index (κ3) is 8.13. The van der Waals surface area contributed by atoms with E-state index < -0.39 is 12.4 Å². The highest BCUT2D eigenvalue weighted by Crippen LogP contribution is 2.34. The zero-order valence-corrected chi connectivity index (χ0v) is 26.5. The molecule has 0 saturated carbocycles. The minimum absolute atomic E-state index is 0.107. The number of aryl methyl sites for hydroxylation is 2. The fraction of sp³-hybridized carbons (Fsp3) is 0.303. The van der Waals surface area contributed by atoms with Crippen LogP contribution in [0.1, 0.15) is 49.8 Å². The van der Waals surface area contributed by atoms with Gasteiger partial charge in [-0.3, -0.25) is 9.69 Å². The summed E-state index contributed by atoms with van der Waals surface area (Å²) in [6.45, 7) is 8.00. The summed E-state index contributed by atoms with van der Waals surface area (Å²) in [5.74, 6) is 0.442. The number of urea groups is 1. The van der Waals surface area contributed by atoms with Gasteiger partial charge in [0.05, 0.1) is 17.1 Å². The first-order valence-electron chi connectivity index (χ1n) is 14.7. The van der Waals surface area contributed by atoms with E-state index in [1.807, 2.05) is 56.3 Å². The van der Waals surface area contributed by atoms with E-state index in [9.17, 15) is 22.8 Å². The van der Waals surface area contributed by atoms with Gasteiger partial charge < -0.3 is 10.1 Å². The van der Waals surface area contributed by atoms with Crippen molar-refractivity contribution in [3.63, 3.8) is 0 Å². The lowest BCUT2D eigenvalue weighted by molar-refractivity contribution is -0.274. The Kier molecular flexibility index (Phi) is 9.80. The molecule has 0 bridgehead atoms. The molecule has 13 heteroatoms. The molecule has 0 aliphatic carbocycles. The lowest BCUT2D eigenvalue weighted by Crippen LogP contribution is -2.34. The van der Waals surface area contributed by atoms with Gasteiger partial charge in [0, 0.05) is 11.6 Å². The minimum atomic E-state index is -4.76. The largest absolute Gasteiger partial charge is 0.573 e. The molecule has 1 saturated heterocycles. The number of aliphatic imine (C=N–C) groups is 1. The van der Waals surface area contributed by atoms with Crippen molar-refractivity contribution in [2.75, 3.05) is 10.7 Å². The second-order valence-corrected chi connectivity index (χ2v) is 12.2. The second kappa shape index (κ2) is 13.8. The third-order valence-corrected chi connectivity index (χ3v) is 8.18. The van der Waals surface area contributed by atoms with Crippen LogP contribution >= 0.6 is 11.8 Å². The molecule has 1 aliphatic rings. The number of amides is 3. The molecule has 0 spiro atoms. The number of amidine groups is 1. The maximum Gasteiger partial charge on any atom is 0.573 e. The van der Waals surface area contributed by atoms with Gasteiger partial charge in [0.1, 0.15) is 12.1 Å². The van der Waals surface area contributed by atoms with E-state index in [0.717, 1.165) is 27.9 Å². The summed E-state index contributed by atoms with van der Waals surface area (Å²) in [7, 11) is 0. The molecule has 1 fully saturated rings. The van der Waals surface area contributed by atoms with Gasteiger partial charge in [-0.25, -0.2) is 14.5 Å². The number of alkyl halides is 3. The number of carbonyl (C=O) groups is 2. The van der Waals surface area contributed by atoms with Gasteiger partial charge in [-0.15, -0.1) is 18.3 Å². The number of aromatic nitrogens is 3. The van der Waals surface area contributed by atoms with Gasteiger partial charge in [0.15, 0.2) is 11.0 Å². The highest BCUT2D eigenvalue weighted by molar-refractivity contribution is 8.15. The number of halogens is 3. The number of anilines is 1. The van der Waals surface area contributed by atoms with Gasteiger partial charge in [0.2, 0.25) is 5.91 Å². The van der Waals surface area contributed by atoms with Crippen molar-refractivity contribution in [1.82, 2.24) is 20.1 Å². The number of rotatable bonds is 9. The zero-order valence-electron chi connectivity index (χ0n) is 25.7. The highest BCUT2D eigenvalue weighted by Gasteiger charge is 2.33. The van der Waals surface area contributed by atoms with E-state index in [1.54, 1.807) is 4.90 Å². The number of nitrogens with zero attached hydrogens (tertiary/aromatic N) is 5. The standard InChI is InChI=1S/C33H33F3N6O3S/c1-20(2)27-15-8-21(3)16-28(27)42-29(43)18-46-32(42)39-31(44)38-22(4)9-10-23-6-5-7-24(17-23)30-37-19-41(40-30)25-11-13-26(14-12-25)45-33(34,35)36/h5-8,11-17,19-20,22H,9-10,18H2,1-4H3,(H,38,44). The van der Waals surface area contributed by atoms with Crippen molar-refractivity contribution in [2.24, 2.45) is 4.99 Å². The third-order valence-electron chi connectivity index (χ3n) is 7.26. The summed E-state index contributed by atoms with van der Waals surface area (Å²) in [6, 6.07) is 18.3. The van der Waals surface area contributed by atoms with Gasteiger partial charge in [-0.05, 0) is 85.7 Å². The van der Waals surface area contributed by atoms with Crippen molar-refractivity contribution in [3.05, 3.63) is 89.7 Å². The zero-order chi connectivity index (χ0) is 33.0. The topological polar surface area (TPSA) is 102 Å². The van der Waals surface area contributed by atoms with Crippen LogP contribution in [0.3, 0.4) is 0 Å². The lowest BCUT2D eigenvalue weighted by atomic mass is 9.99. The van der Waals surface area contributed by atoms with Crippen molar-refractivity contribution < 1.29 is 27.5 Å². The van der Waals surface area contributed by atoms with E-state index in [1.165, 1.54) is 47.0 Å². The predicted octanol–water partition coefficient (Wildman–Crippen LogP) is 7.43. The van der Waals surface area contributed by atoms with Gasteiger partial charge in [-0.1, -0.05) is 55.9 Å². The maximum absolute atomic E-state index is 12.9. The number of hydrogen-bond donors (Lipinski definition) is 1. The molecule has 2 heterocycles. The smallest absolute Gasteiger partial charge is 0.406 e. The first-order valence-corrected chi connectivity index (χ1v) is 15.7. The van der Waals surface area contributed by atoms with Crippen LogP contribution in [0.25, 0.3) is 17.1 Å². The van der Waals surface area contributed by atoms with E-state index in [-0.39, 0.29) is 29.4 Å². The number of nitrogens with one attached hydrogen (secondary N) is 1. The molecule has 9 nitrogen and oxygen atoms in total. The van der Waals surface area contributed by atoms with Crippen molar-refractivity contribution in [3.8, 4) is 22.8 Å². The van der Waals surface area contributed by atoms with Crippen LogP contribution < -0.4 is 15.0 Å². The van der Waals surface area contributed by atoms with Crippen molar-refractivity contribution >= 4 is 34.6 Å². The van der Waals surface area contributed by atoms with Crippen LogP contribution in [0.2, 0.25) is 0 Å². The lowest BCUT2D eigenvalue weighted by Gasteiger charge is -2.22. The average Bonchev–Trinajstić information content (AvgIpc) is 3.62. The average molecular weight is 651 g/mol. The maximum atomic E-state index is 12.9. The van der Waals surface area contributed by atoms with Crippen molar-refractivity contribution in [2.45, 2.75) is 58.9 Å². The number of thioether (sulfide) groups is 1. The first-order chi connectivity index (χ1) is 21.9. The summed E-state index contributed by atoms with van der Waals surface area (Å²) in [6.07, 6.45) is -1.98. The van der Waals surface area contributed by atoms with E-state index in [0.29, 0.717) is 29.5 Å². The highest BCUT2D eigenvalue weighted by atomic mass is 32.2. The fourth-order valence-electron chi connectivity index (χ4n) is 4.99. The normalized spacial score (nSPS) is 15.1. The molecular weight excluding hydrogens is 617 g/mol.